The number of amides is 2. The Bertz CT molecular complexity index is 812. The molecular formula is C22H28F3N3O4. The highest BCUT2D eigenvalue weighted by Gasteiger charge is 2.43. The van der Waals surface area contributed by atoms with Gasteiger partial charge in [0, 0.05) is 24.6 Å². The zero-order valence-electron chi connectivity index (χ0n) is 17.7. The standard InChI is InChI=1S/C22H28F3N3O4/c1-14(26)20(30)28-16(8-7-15-5-3-2-4-6-15)10-12-19(29)27-17-9-11-18(13-17)32-21(31)22(23,24)25/h2-6,10,12,14,16-18H,7-9,11,13,26H2,1H3,(H,27,29)(H,28,30)/b12-10+/t14-,16-,17-,18-/m0/s1. The number of esters is 1. The molecule has 0 radical (unpaired) electrons. The van der Waals surface area contributed by atoms with Crippen molar-refractivity contribution in [3.8, 4) is 0 Å². The lowest BCUT2D eigenvalue weighted by Crippen LogP contribution is -2.43. The Morgan fingerprint density at radius 2 is 1.91 bits per heavy atom. The third-order valence-electron chi connectivity index (χ3n) is 5.04. The highest BCUT2D eigenvalue weighted by molar-refractivity contribution is 5.88. The van der Waals surface area contributed by atoms with E-state index in [1.165, 1.54) is 6.08 Å². The van der Waals surface area contributed by atoms with E-state index < -0.39 is 42.3 Å². The molecule has 10 heteroatoms. The Labute approximate surface area is 184 Å². The van der Waals surface area contributed by atoms with Crippen LogP contribution in [0.2, 0.25) is 0 Å². The minimum absolute atomic E-state index is 0.111. The fourth-order valence-corrected chi connectivity index (χ4v) is 3.35. The van der Waals surface area contributed by atoms with Gasteiger partial charge in [-0.05, 0) is 38.2 Å². The summed E-state index contributed by atoms with van der Waals surface area (Å²) in [4.78, 5) is 35.2. The highest BCUT2D eigenvalue weighted by atomic mass is 19.4. The van der Waals surface area contributed by atoms with E-state index in [0.717, 1.165) is 5.56 Å². The number of ether oxygens (including phenoxy) is 1. The van der Waals surface area contributed by atoms with Crippen molar-refractivity contribution < 1.29 is 32.3 Å². The van der Waals surface area contributed by atoms with Gasteiger partial charge in [0.05, 0.1) is 6.04 Å². The third-order valence-corrected chi connectivity index (χ3v) is 5.04. The number of carbonyl (C=O) groups is 3. The smallest absolute Gasteiger partial charge is 0.456 e. The summed E-state index contributed by atoms with van der Waals surface area (Å²) in [6, 6.07) is 8.12. The van der Waals surface area contributed by atoms with Gasteiger partial charge in [-0.1, -0.05) is 36.4 Å². The summed E-state index contributed by atoms with van der Waals surface area (Å²) in [7, 11) is 0. The van der Waals surface area contributed by atoms with Crippen LogP contribution in [0.5, 0.6) is 0 Å². The van der Waals surface area contributed by atoms with Crippen LogP contribution in [0.1, 0.15) is 38.2 Å². The van der Waals surface area contributed by atoms with Crippen molar-refractivity contribution in [2.24, 2.45) is 5.73 Å². The first-order valence-electron chi connectivity index (χ1n) is 10.4. The van der Waals surface area contributed by atoms with Crippen molar-refractivity contribution in [3.05, 3.63) is 48.0 Å². The monoisotopic (exact) mass is 455 g/mol. The van der Waals surface area contributed by atoms with Crippen molar-refractivity contribution in [1.82, 2.24) is 10.6 Å². The van der Waals surface area contributed by atoms with Gasteiger partial charge in [0.15, 0.2) is 0 Å². The molecule has 0 saturated heterocycles. The van der Waals surface area contributed by atoms with Gasteiger partial charge in [0.25, 0.3) is 0 Å². The summed E-state index contributed by atoms with van der Waals surface area (Å²) < 4.78 is 41.4. The average molecular weight is 455 g/mol. The Morgan fingerprint density at radius 1 is 1.22 bits per heavy atom. The number of hydrogen-bond donors (Lipinski definition) is 3. The highest BCUT2D eigenvalue weighted by Crippen LogP contribution is 2.25. The van der Waals surface area contributed by atoms with E-state index >= 15 is 0 Å². The summed E-state index contributed by atoms with van der Waals surface area (Å²) in [5.74, 6) is -3.02. The van der Waals surface area contributed by atoms with E-state index in [1.807, 2.05) is 30.3 Å². The van der Waals surface area contributed by atoms with Crippen molar-refractivity contribution >= 4 is 17.8 Å². The molecule has 4 atom stereocenters. The number of halogens is 3. The number of rotatable bonds is 9. The lowest BCUT2D eigenvalue weighted by Gasteiger charge is -2.17. The molecule has 1 aromatic rings. The van der Waals surface area contributed by atoms with Crippen molar-refractivity contribution in [1.29, 1.82) is 0 Å². The summed E-state index contributed by atoms with van der Waals surface area (Å²) in [6.07, 6.45) is -1.11. The van der Waals surface area contributed by atoms with E-state index in [9.17, 15) is 27.6 Å². The number of alkyl halides is 3. The fraction of sp³-hybridized carbons (Fsp3) is 0.500. The molecule has 32 heavy (non-hydrogen) atoms. The van der Waals surface area contributed by atoms with Gasteiger partial charge < -0.3 is 21.1 Å². The summed E-state index contributed by atoms with van der Waals surface area (Å²) in [5, 5.41) is 5.47. The maximum absolute atomic E-state index is 12.3. The van der Waals surface area contributed by atoms with Crippen LogP contribution in [0.3, 0.4) is 0 Å². The van der Waals surface area contributed by atoms with E-state index in [2.05, 4.69) is 15.4 Å². The molecule has 0 bridgehead atoms. The van der Waals surface area contributed by atoms with Crippen LogP contribution < -0.4 is 16.4 Å². The molecule has 0 spiro atoms. The Hall–Kier alpha value is -2.88. The summed E-state index contributed by atoms with van der Waals surface area (Å²) in [6.45, 7) is 1.56. The Kier molecular flexibility index (Phi) is 9.25. The van der Waals surface area contributed by atoms with Crippen LogP contribution >= 0.6 is 0 Å². The number of hydrogen-bond acceptors (Lipinski definition) is 5. The van der Waals surface area contributed by atoms with E-state index in [1.54, 1.807) is 13.0 Å². The fourth-order valence-electron chi connectivity index (χ4n) is 3.35. The first-order chi connectivity index (χ1) is 15.0. The molecule has 1 aliphatic rings. The van der Waals surface area contributed by atoms with E-state index in [0.29, 0.717) is 19.3 Å². The molecule has 7 nitrogen and oxygen atoms in total. The van der Waals surface area contributed by atoms with Crippen LogP contribution in [0.25, 0.3) is 0 Å². The normalized spacial score (nSPS) is 20.5. The Balaban J connectivity index is 1.87. The number of carbonyl (C=O) groups excluding carboxylic acids is 3. The topological polar surface area (TPSA) is 111 Å². The minimum Gasteiger partial charge on any atom is -0.456 e. The number of aryl methyl sites for hydroxylation is 1. The zero-order valence-corrected chi connectivity index (χ0v) is 17.7. The van der Waals surface area contributed by atoms with E-state index in [-0.39, 0.29) is 18.7 Å². The van der Waals surface area contributed by atoms with Gasteiger partial charge in [-0.3, -0.25) is 9.59 Å². The molecule has 2 amide bonds. The minimum atomic E-state index is -5.04. The maximum atomic E-state index is 12.3. The first kappa shape index (κ1) is 25.4. The maximum Gasteiger partial charge on any atom is 0.490 e. The second kappa shape index (κ2) is 11.7. The third kappa shape index (κ3) is 8.70. The average Bonchev–Trinajstić information content (AvgIpc) is 3.16. The molecular weight excluding hydrogens is 427 g/mol. The molecule has 176 valence electrons. The van der Waals surface area contributed by atoms with E-state index in [4.69, 9.17) is 5.73 Å². The lowest BCUT2D eigenvalue weighted by atomic mass is 10.0. The van der Waals surface area contributed by atoms with Gasteiger partial charge in [0.2, 0.25) is 11.8 Å². The summed E-state index contributed by atoms with van der Waals surface area (Å²) in [5.41, 5.74) is 6.69. The van der Waals surface area contributed by atoms with Gasteiger partial charge in [-0.15, -0.1) is 0 Å². The predicted octanol–water partition coefficient (Wildman–Crippen LogP) is 2.15. The predicted molar refractivity (Wildman–Crippen MR) is 111 cm³/mol. The molecule has 0 heterocycles. The van der Waals surface area contributed by atoms with Gasteiger partial charge in [-0.2, -0.15) is 13.2 Å². The largest absolute Gasteiger partial charge is 0.490 e. The molecule has 0 aliphatic heterocycles. The lowest BCUT2D eigenvalue weighted by molar-refractivity contribution is -0.204. The first-order valence-corrected chi connectivity index (χ1v) is 10.4. The van der Waals surface area contributed by atoms with Crippen LogP contribution in [0, 0.1) is 0 Å². The molecule has 0 unspecified atom stereocenters. The molecule has 1 fully saturated rings. The SMILES string of the molecule is C[C@H](N)C(=O)N[C@H](/C=C/C(=O)N[C@H]1CC[C@H](OC(=O)C(F)(F)F)C1)CCc1ccccc1. The molecule has 1 aromatic carbocycles. The van der Waals surface area contributed by atoms with Crippen LogP contribution in [0.15, 0.2) is 42.5 Å². The molecule has 1 aliphatic carbocycles. The van der Waals surface area contributed by atoms with Crippen LogP contribution in [-0.2, 0) is 25.5 Å². The second-order valence-electron chi connectivity index (χ2n) is 7.83. The number of benzene rings is 1. The number of nitrogens with one attached hydrogen (secondary N) is 2. The van der Waals surface area contributed by atoms with Gasteiger partial charge in [-0.25, -0.2) is 4.79 Å². The molecule has 4 N–H and O–H groups in total. The molecule has 2 rings (SSSR count). The van der Waals surface area contributed by atoms with Crippen molar-refractivity contribution in [2.45, 2.75) is 69.4 Å². The van der Waals surface area contributed by atoms with Gasteiger partial charge >= 0.3 is 12.1 Å². The quantitative estimate of drug-likeness (QED) is 0.390. The molecule has 0 aromatic heterocycles. The summed E-state index contributed by atoms with van der Waals surface area (Å²) >= 11 is 0. The zero-order chi connectivity index (χ0) is 23.7. The van der Waals surface area contributed by atoms with Crippen LogP contribution in [-0.4, -0.2) is 48.2 Å². The second-order valence-corrected chi connectivity index (χ2v) is 7.83. The number of nitrogens with two attached hydrogens (primary N) is 1. The van der Waals surface area contributed by atoms with Crippen molar-refractivity contribution in [2.75, 3.05) is 0 Å². The Morgan fingerprint density at radius 3 is 2.53 bits per heavy atom. The van der Waals surface area contributed by atoms with Crippen molar-refractivity contribution in [3.63, 3.8) is 0 Å². The van der Waals surface area contributed by atoms with Gasteiger partial charge in [0.1, 0.15) is 6.10 Å². The molecule has 1 saturated carbocycles. The van der Waals surface area contributed by atoms with Crippen LogP contribution in [0.4, 0.5) is 13.2 Å².